The summed E-state index contributed by atoms with van der Waals surface area (Å²) in [5.74, 6) is 0.540. The lowest BCUT2D eigenvalue weighted by Crippen LogP contribution is -2.11. The van der Waals surface area contributed by atoms with Gasteiger partial charge in [-0.15, -0.1) is 11.3 Å². The third kappa shape index (κ3) is 2.30. The van der Waals surface area contributed by atoms with E-state index in [0.717, 1.165) is 15.6 Å². The van der Waals surface area contributed by atoms with E-state index in [-0.39, 0.29) is 5.56 Å². The Labute approximate surface area is 113 Å². The Balaban J connectivity index is 2.21. The number of rotatable bonds is 3. The molecule has 4 nitrogen and oxygen atoms in total. The highest BCUT2D eigenvalue weighted by molar-refractivity contribution is 7.17. The normalized spacial score (nSPS) is 11.0. The zero-order chi connectivity index (χ0) is 13.2. The van der Waals surface area contributed by atoms with Crippen LogP contribution in [0.4, 0.5) is 0 Å². The molecule has 5 heteroatoms. The van der Waals surface area contributed by atoms with Gasteiger partial charge in [0.2, 0.25) is 0 Å². The highest BCUT2D eigenvalue weighted by atomic mass is 32.1. The number of aromatic amines is 1. The van der Waals surface area contributed by atoms with Gasteiger partial charge in [-0.3, -0.25) is 4.79 Å². The van der Waals surface area contributed by atoms with Crippen LogP contribution in [0, 0.1) is 0 Å². The van der Waals surface area contributed by atoms with E-state index in [2.05, 4.69) is 22.1 Å². The SMILES string of the molecule is COCc1nc(-c2cccc3ccsc23)cc(=O)[nH]1. The zero-order valence-electron chi connectivity index (χ0n) is 10.3. The number of nitrogens with one attached hydrogen (secondary N) is 1. The van der Waals surface area contributed by atoms with Gasteiger partial charge in [0.25, 0.3) is 5.56 Å². The van der Waals surface area contributed by atoms with Gasteiger partial charge in [-0.2, -0.15) is 0 Å². The Morgan fingerprint density at radius 2 is 2.26 bits per heavy atom. The number of thiophene rings is 1. The van der Waals surface area contributed by atoms with Crippen LogP contribution in [0.15, 0.2) is 40.5 Å². The van der Waals surface area contributed by atoms with E-state index in [4.69, 9.17) is 4.74 Å². The molecule has 3 rings (SSSR count). The van der Waals surface area contributed by atoms with E-state index in [1.54, 1.807) is 18.4 Å². The Bertz CT molecular complexity index is 776. The van der Waals surface area contributed by atoms with Gasteiger partial charge in [0, 0.05) is 23.4 Å². The van der Waals surface area contributed by atoms with Crippen LogP contribution in [0.25, 0.3) is 21.3 Å². The van der Waals surface area contributed by atoms with Gasteiger partial charge in [0.1, 0.15) is 12.4 Å². The highest BCUT2D eigenvalue weighted by Crippen LogP contribution is 2.30. The predicted octanol–water partition coefficient (Wildman–Crippen LogP) is 2.80. The predicted molar refractivity (Wildman–Crippen MR) is 76.4 cm³/mol. The Kier molecular flexibility index (Phi) is 3.15. The number of aromatic nitrogens is 2. The third-order valence-corrected chi connectivity index (χ3v) is 3.79. The summed E-state index contributed by atoms with van der Waals surface area (Å²) in [7, 11) is 1.58. The number of nitrogens with zero attached hydrogens (tertiary/aromatic N) is 1. The molecule has 3 aromatic rings. The maximum atomic E-state index is 11.7. The molecule has 0 amide bonds. The van der Waals surface area contributed by atoms with Gasteiger partial charge in [0.05, 0.1) is 5.69 Å². The molecule has 0 saturated carbocycles. The Morgan fingerprint density at radius 1 is 1.37 bits per heavy atom. The standard InChI is InChI=1S/C14H12N2O2S/c1-18-8-12-15-11(7-13(17)16-12)10-4-2-3-9-5-6-19-14(9)10/h2-7H,8H2,1H3,(H,15,16,17). The summed E-state index contributed by atoms with van der Waals surface area (Å²) in [6.07, 6.45) is 0. The summed E-state index contributed by atoms with van der Waals surface area (Å²) in [6.45, 7) is 0.295. The number of methoxy groups -OCH3 is 1. The van der Waals surface area contributed by atoms with E-state index >= 15 is 0 Å². The van der Waals surface area contributed by atoms with Crippen LogP contribution in [0.2, 0.25) is 0 Å². The van der Waals surface area contributed by atoms with Crippen molar-refractivity contribution in [1.82, 2.24) is 9.97 Å². The van der Waals surface area contributed by atoms with Crippen LogP contribution in [0.3, 0.4) is 0 Å². The van der Waals surface area contributed by atoms with Crippen LogP contribution >= 0.6 is 11.3 Å². The van der Waals surface area contributed by atoms with Gasteiger partial charge in [-0.25, -0.2) is 4.98 Å². The van der Waals surface area contributed by atoms with Crippen LogP contribution in [-0.2, 0) is 11.3 Å². The molecule has 96 valence electrons. The first-order valence-corrected chi connectivity index (χ1v) is 6.71. The van der Waals surface area contributed by atoms with Crippen molar-refractivity contribution in [3.63, 3.8) is 0 Å². The third-order valence-electron chi connectivity index (χ3n) is 2.83. The first-order valence-electron chi connectivity index (χ1n) is 5.84. The molecule has 0 spiro atoms. The average molecular weight is 272 g/mol. The number of fused-ring (bicyclic) bond motifs is 1. The zero-order valence-corrected chi connectivity index (χ0v) is 11.2. The van der Waals surface area contributed by atoms with E-state index in [1.807, 2.05) is 17.5 Å². The molecular formula is C14H12N2O2S. The lowest BCUT2D eigenvalue weighted by molar-refractivity contribution is 0.177. The van der Waals surface area contributed by atoms with Crippen molar-refractivity contribution in [3.8, 4) is 11.3 Å². The minimum atomic E-state index is -0.161. The van der Waals surface area contributed by atoms with Crippen molar-refractivity contribution < 1.29 is 4.74 Å². The molecule has 0 atom stereocenters. The monoisotopic (exact) mass is 272 g/mol. The molecule has 0 unspecified atom stereocenters. The molecule has 0 aliphatic heterocycles. The molecule has 2 heterocycles. The summed E-state index contributed by atoms with van der Waals surface area (Å²) in [5, 5.41) is 3.20. The second-order valence-corrected chi connectivity index (χ2v) is 5.07. The molecule has 0 saturated heterocycles. The molecule has 0 radical (unpaired) electrons. The average Bonchev–Trinajstić information content (AvgIpc) is 2.86. The molecule has 0 bridgehead atoms. The quantitative estimate of drug-likeness (QED) is 0.797. The van der Waals surface area contributed by atoms with Crippen molar-refractivity contribution in [2.24, 2.45) is 0 Å². The van der Waals surface area contributed by atoms with E-state index in [0.29, 0.717) is 18.1 Å². The summed E-state index contributed by atoms with van der Waals surface area (Å²) in [6, 6.07) is 9.60. The van der Waals surface area contributed by atoms with Crippen molar-refractivity contribution in [3.05, 3.63) is 51.9 Å². The molecule has 1 aromatic carbocycles. The van der Waals surface area contributed by atoms with Gasteiger partial charge in [-0.1, -0.05) is 18.2 Å². The second kappa shape index (κ2) is 4.95. The topological polar surface area (TPSA) is 55.0 Å². The molecule has 2 aromatic heterocycles. The van der Waals surface area contributed by atoms with Crippen molar-refractivity contribution >= 4 is 21.4 Å². The van der Waals surface area contributed by atoms with Crippen LogP contribution in [0.5, 0.6) is 0 Å². The molecule has 0 aliphatic carbocycles. The van der Waals surface area contributed by atoms with Crippen molar-refractivity contribution in [1.29, 1.82) is 0 Å². The molecule has 1 N–H and O–H groups in total. The van der Waals surface area contributed by atoms with Crippen LogP contribution in [-0.4, -0.2) is 17.1 Å². The summed E-state index contributed by atoms with van der Waals surface area (Å²) < 4.78 is 6.16. The van der Waals surface area contributed by atoms with Crippen LogP contribution in [0.1, 0.15) is 5.82 Å². The van der Waals surface area contributed by atoms with Gasteiger partial charge in [0.15, 0.2) is 0 Å². The smallest absolute Gasteiger partial charge is 0.251 e. The second-order valence-electron chi connectivity index (χ2n) is 4.15. The number of hydrogen-bond donors (Lipinski definition) is 1. The van der Waals surface area contributed by atoms with Crippen LogP contribution < -0.4 is 5.56 Å². The Hall–Kier alpha value is -1.98. The van der Waals surface area contributed by atoms with Gasteiger partial charge < -0.3 is 9.72 Å². The van der Waals surface area contributed by atoms with Gasteiger partial charge in [-0.05, 0) is 16.8 Å². The fraction of sp³-hybridized carbons (Fsp3) is 0.143. The number of ether oxygens (including phenoxy) is 1. The molecular weight excluding hydrogens is 260 g/mol. The van der Waals surface area contributed by atoms with E-state index in [9.17, 15) is 4.79 Å². The lowest BCUT2D eigenvalue weighted by Gasteiger charge is -2.05. The number of hydrogen-bond acceptors (Lipinski definition) is 4. The maximum Gasteiger partial charge on any atom is 0.251 e. The minimum absolute atomic E-state index is 0.161. The lowest BCUT2D eigenvalue weighted by atomic mass is 10.1. The largest absolute Gasteiger partial charge is 0.377 e. The molecule has 19 heavy (non-hydrogen) atoms. The minimum Gasteiger partial charge on any atom is -0.377 e. The molecule has 0 fully saturated rings. The fourth-order valence-electron chi connectivity index (χ4n) is 2.05. The summed E-state index contributed by atoms with van der Waals surface area (Å²) in [4.78, 5) is 18.8. The van der Waals surface area contributed by atoms with E-state index in [1.165, 1.54) is 6.07 Å². The maximum absolute atomic E-state index is 11.7. The summed E-state index contributed by atoms with van der Waals surface area (Å²) in [5.41, 5.74) is 1.51. The number of benzene rings is 1. The fourth-order valence-corrected chi connectivity index (χ4v) is 2.97. The van der Waals surface area contributed by atoms with Gasteiger partial charge >= 0.3 is 0 Å². The first-order chi connectivity index (χ1) is 9.28. The molecule has 0 aliphatic rings. The summed E-state index contributed by atoms with van der Waals surface area (Å²) >= 11 is 1.65. The highest BCUT2D eigenvalue weighted by Gasteiger charge is 2.08. The van der Waals surface area contributed by atoms with E-state index < -0.39 is 0 Å². The van der Waals surface area contributed by atoms with Crippen molar-refractivity contribution in [2.75, 3.05) is 7.11 Å². The van der Waals surface area contributed by atoms with Crippen molar-refractivity contribution in [2.45, 2.75) is 6.61 Å². The Morgan fingerprint density at radius 3 is 3.11 bits per heavy atom. The first kappa shape index (κ1) is 12.1. The number of H-pyrrole nitrogens is 1.